The molecule has 0 aliphatic carbocycles. The summed E-state index contributed by atoms with van der Waals surface area (Å²) in [5, 5.41) is -0.0607. The van der Waals surface area contributed by atoms with E-state index < -0.39 is 0 Å². The summed E-state index contributed by atoms with van der Waals surface area (Å²) in [5.41, 5.74) is 3.54. The van der Waals surface area contributed by atoms with Gasteiger partial charge in [-0.1, -0.05) is 6.07 Å². The molecule has 1 aromatic carbocycles. The monoisotopic (exact) mass is 291 g/mol. The molecule has 2 heterocycles. The van der Waals surface area contributed by atoms with Crippen LogP contribution in [0.4, 0.5) is 0 Å². The second kappa shape index (κ2) is 5.38. The van der Waals surface area contributed by atoms with Crippen molar-refractivity contribution >= 4 is 22.6 Å². The first-order valence-corrected chi connectivity index (χ1v) is 7.81. The lowest BCUT2D eigenvalue weighted by Gasteiger charge is -2.22. The Morgan fingerprint density at radius 2 is 2.25 bits per heavy atom. The molecule has 0 radical (unpaired) electrons. The summed E-state index contributed by atoms with van der Waals surface area (Å²) in [6.07, 6.45) is 2.55. The maximum atomic E-state index is 6.34. The SMILES string of the molecule is Cc1ccc2nc(C(C)Cl)n(CC3CCCN3C)c2c1. The maximum Gasteiger partial charge on any atom is 0.127 e. The van der Waals surface area contributed by atoms with Gasteiger partial charge in [-0.15, -0.1) is 11.6 Å². The molecule has 3 nitrogen and oxygen atoms in total. The molecule has 0 spiro atoms. The van der Waals surface area contributed by atoms with Gasteiger partial charge in [-0.25, -0.2) is 4.98 Å². The van der Waals surface area contributed by atoms with Crippen molar-refractivity contribution in [3.8, 4) is 0 Å². The van der Waals surface area contributed by atoms with Crippen molar-refractivity contribution in [2.75, 3.05) is 13.6 Å². The Kier molecular flexibility index (Phi) is 3.74. The lowest BCUT2D eigenvalue weighted by atomic mass is 10.2. The van der Waals surface area contributed by atoms with Crippen molar-refractivity contribution in [2.24, 2.45) is 0 Å². The summed E-state index contributed by atoms with van der Waals surface area (Å²) in [6.45, 7) is 6.32. The van der Waals surface area contributed by atoms with E-state index in [9.17, 15) is 0 Å². The van der Waals surface area contributed by atoms with Gasteiger partial charge in [0.25, 0.3) is 0 Å². The zero-order valence-electron chi connectivity index (χ0n) is 12.4. The Hall–Kier alpha value is -1.06. The first kappa shape index (κ1) is 13.9. The number of benzene rings is 1. The normalized spacial score (nSPS) is 21.7. The largest absolute Gasteiger partial charge is 0.325 e. The topological polar surface area (TPSA) is 21.1 Å². The van der Waals surface area contributed by atoms with E-state index >= 15 is 0 Å². The van der Waals surface area contributed by atoms with Gasteiger partial charge in [-0.2, -0.15) is 0 Å². The average Bonchev–Trinajstić information content (AvgIpc) is 2.95. The fourth-order valence-electron chi connectivity index (χ4n) is 3.17. The van der Waals surface area contributed by atoms with Crippen LogP contribution in [0.25, 0.3) is 11.0 Å². The highest BCUT2D eigenvalue weighted by molar-refractivity contribution is 6.20. The van der Waals surface area contributed by atoms with E-state index in [1.165, 1.54) is 30.5 Å². The van der Waals surface area contributed by atoms with Crippen molar-refractivity contribution in [3.05, 3.63) is 29.6 Å². The van der Waals surface area contributed by atoms with Crippen LogP contribution in [0.2, 0.25) is 0 Å². The number of likely N-dealkylation sites (tertiary alicyclic amines) is 1. The average molecular weight is 292 g/mol. The predicted molar refractivity (Wildman–Crippen MR) is 84.4 cm³/mol. The Balaban J connectivity index is 2.05. The number of hydrogen-bond donors (Lipinski definition) is 0. The lowest BCUT2D eigenvalue weighted by molar-refractivity contribution is 0.282. The molecule has 1 saturated heterocycles. The molecule has 20 heavy (non-hydrogen) atoms. The van der Waals surface area contributed by atoms with Crippen molar-refractivity contribution in [1.29, 1.82) is 0 Å². The number of nitrogens with zero attached hydrogens (tertiary/aromatic N) is 3. The summed E-state index contributed by atoms with van der Waals surface area (Å²) < 4.78 is 2.33. The van der Waals surface area contributed by atoms with Gasteiger partial charge in [-0.3, -0.25) is 0 Å². The van der Waals surface area contributed by atoms with Gasteiger partial charge in [0, 0.05) is 12.6 Å². The molecule has 0 amide bonds. The molecule has 2 unspecified atom stereocenters. The Labute approximate surface area is 125 Å². The van der Waals surface area contributed by atoms with E-state index in [-0.39, 0.29) is 5.38 Å². The van der Waals surface area contributed by atoms with E-state index in [1.807, 2.05) is 6.92 Å². The second-order valence-electron chi connectivity index (χ2n) is 5.97. The van der Waals surface area contributed by atoms with E-state index in [1.54, 1.807) is 0 Å². The fourth-order valence-corrected chi connectivity index (χ4v) is 3.33. The minimum atomic E-state index is -0.0607. The number of likely N-dealkylation sites (N-methyl/N-ethyl adjacent to an activating group) is 1. The van der Waals surface area contributed by atoms with Crippen LogP contribution in [-0.2, 0) is 6.54 Å². The summed E-state index contributed by atoms with van der Waals surface area (Å²) >= 11 is 6.34. The Morgan fingerprint density at radius 1 is 1.45 bits per heavy atom. The van der Waals surface area contributed by atoms with Crippen molar-refractivity contribution < 1.29 is 0 Å². The maximum absolute atomic E-state index is 6.34. The third-order valence-corrected chi connectivity index (χ3v) is 4.55. The van der Waals surface area contributed by atoms with Crippen LogP contribution in [0, 0.1) is 6.92 Å². The molecule has 3 rings (SSSR count). The van der Waals surface area contributed by atoms with Crippen molar-refractivity contribution in [3.63, 3.8) is 0 Å². The zero-order chi connectivity index (χ0) is 14.3. The predicted octanol–water partition coefficient (Wildman–Crippen LogP) is 3.74. The van der Waals surface area contributed by atoms with Crippen molar-refractivity contribution in [1.82, 2.24) is 14.5 Å². The van der Waals surface area contributed by atoms with E-state index in [0.717, 1.165) is 17.9 Å². The Morgan fingerprint density at radius 3 is 2.90 bits per heavy atom. The quantitative estimate of drug-likeness (QED) is 0.803. The van der Waals surface area contributed by atoms with Crippen molar-refractivity contribution in [2.45, 2.75) is 44.7 Å². The first-order chi connectivity index (χ1) is 9.56. The van der Waals surface area contributed by atoms with Crippen LogP contribution in [0.3, 0.4) is 0 Å². The molecule has 108 valence electrons. The highest BCUT2D eigenvalue weighted by Crippen LogP contribution is 2.27. The van der Waals surface area contributed by atoms with Gasteiger partial charge in [0.2, 0.25) is 0 Å². The molecule has 1 aromatic heterocycles. The summed E-state index contributed by atoms with van der Waals surface area (Å²) in [6, 6.07) is 7.04. The fraction of sp³-hybridized carbons (Fsp3) is 0.562. The molecule has 0 saturated carbocycles. The molecule has 0 bridgehead atoms. The van der Waals surface area contributed by atoms with Crippen LogP contribution in [-0.4, -0.2) is 34.1 Å². The van der Waals surface area contributed by atoms with Crippen LogP contribution in [0.15, 0.2) is 18.2 Å². The van der Waals surface area contributed by atoms with Gasteiger partial charge >= 0.3 is 0 Å². The lowest BCUT2D eigenvalue weighted by Crippen LogP contribution is -2.30. The molecule has 0 N–H and O–H groups in total. The molecule has 2 aromatic rings. The summed E-state index contributed by atoms with van der Waals surface area (Å²) in [5.74, 6) is 0.993. The van der Waals surface area contributed by atoms with E-state index in [4.69, 9.17) is 16.6 Å². The number of halogens is 1. The van der Waals surface area contributed by atoms with Crippen LogP contribution >= 0.6 is 11.6 Å². The van der Waals surface area contributed by atoms with E-state index in [2.05, 4.69) is 41.6 Å². The molecule has 4 heteroatoms. The summed E-state index contributed by atoms with van der Waals surface area (Å²) in [4.78, 5) is 7.18. The van der Waals surface area contributed by atoms with Crippen LogP contribution in [0.5, 0.6) is 0 Å². The molecular weight excluding hydrogens is 270 g/mol. The second-order valence-corrected chi connectivity index (χ2v) is 6.62. The standard InChI is InChI=1S/C16H22ClN3/c1-11-6-7-14-15(9-11)20(16(18-14)12(2)17)10-13-5-4-8-19(13)3/h6-7,9,12-13H,4-5,8,10H2,1-3H3. The smallest absolute Gasteiger partial charge is 0.127 e. The Bertz CT molecular complexity index is 617. The van der Waals surface area contributed by atoms with Gasteiger partial charge in [0.05, 0.1) is 16.4 Å². The van der Waals surface area contributed by atoms with Crippen LogP contribution in [0.1, 0.15) is 36.5 Å². The molecule has 1 fully saturated rings. The number of aromatic nitrogens is 2. The van der Waals surface area contributed by atoms with Crippen LogP contribution < -0.4 is 0 Å². The summed E-state index contributed by atoms with van der Waals surface area (Å²) in [7, 11) is 2.21. The number of hydrogen-bond acceptors (Lipinski definition) is 2. The molecule has 1 aliphatic heterocycles. The molecule has 1 aliphatic rings. The third-order valence-electron chi connectivity index (χ3n) is 4.35. The number of aryl methyl sites for hydroxylation is 1. The van der Waals surface area contributed by atoms with E-state index in [0.29, 0.717) is 6.04 Å². The molecule has 2 atom stereocenters. The number of rotatable bonds is 3. The first-order valence-electron chi connectivity index (χ1n) is 7.37. The van der Waals surface area contributed by atoms with Gasteiger partial charge < -0.3 is 9.47 Å². The number of fused-ring (bicyclic) bond motifs is 1. The molecular formula is C16H22ClN3. The van der Waals surface area contributed by atoms with Gasteiger partial charge in [-0.05, 0) is 58.0 Å². The third kappa shape index (κ3) is 2.45. The van der Waals surface area contributed by atoms with Gasteiger partial charge in [0.1, 0.15) is 5.82 Å². The zero-order valence-corrected chi connectivity index (χ0v) is 13.2. The number of alkyl halides is 1. The highest BCUT2D eigenvalue weighted by Gasteiger charge is 2.24. The minimum Gasteiger partial charge on any atom is -0.325 e. The highest BCUT2D eigenvalue weighted by atomic mass is 35.5. The number of imidazole rings is 1. The van der Waals surface area contributed by atoms with Gasteiger partial charge in [0.15, 0.2) is 0 Å². The minimum absolute atomic E-state index is 0.0607.